The van der Waals surface area contributed by atoms with Crippen LogP contribution in [0, 0.1) is 5.92 Å². The van der Waals surface area contributed by atoms with Gasteiger partial charge in [-0.05, 0) is 48.9 Å². The van der Waals surface area contributed by atoms with Crippen molar-refractivity contribution >= 4 is 34.8 Å². The van der Waals surface area contributed by atoms with Crippen LogP contribution in [0.15, 0.2) is 73.1 Å². The van der Waals surface area contributed by atoms with Gasteiger partial charge in [0.1, 0.15) is 5.92 Å². The number of anilines is 2. The van der Waals surface area contributed by atoms with E-state index in [0.717, 1.165) is 11.4 Å². The average molecular weight is 380 g/mol. The molecule has 1 aromatic heterocycles. The summed E-state index contributed by atoms with van der Waals surface area (Å²) in [5.74, 6) is -1.20. The van der Waals surface area contributed by atoms with Gasteiger partial charge < -0.3 is 14.8 Å². The number of hydrogen-bond donors (Lipinski definition) is 1. The van der Waals surface area contributed by atoms with E-state index in [1.807, 2.05) is 53.4 Å². The summed E-state index contributed by atoms with van der Waals surface area (Å²) in [6, 6.07) is 18.5. The number of halogens is 1. The Bertz CT molecular complexity index is 985. The second-order valence-electron chi connectivity index (χ2n) is 6.41. The lowest BCUT2D eigenvalue weighted by Crippen LogP contribution is -2.33. The van der Waals surface area contributed by atoms with Gasteiger partial charge in [-0.15, -0.1) is 0 Å². The number of hydrogen-bond acceptors (Lipinski definition) is 2. The van der Waals surface area contributed by atoms with Gasteiger partial charge >= 0.3 is 0 Å². The minimum atomic E-state index is -0.707. The van der Waals surface area contributed by atoms with Gasteiger partial charge in [-0.1, -0.05) is 29.8 Å². The first-order valence-electron chi connectivity index (χ1n) is 8.73. The molecule has 1 unspecified atom stereocenters. The smallest absolute Gasteiger partial charge is 0.239 e. The highest BCUT2D eigenvalue weighted by Gasteiger charge is 2.38. The molecule has 3 aromatic rings. The summed E-state index contributed by atoms with van der Waals surface area (Å²) in [6.07, 6.45) is 4.34. The van der Waals surface area contributed by atoms with Crippen molar-refractivity contribution in [3.63, 3.8) is 0 Å². The Morgan fingerprint density at radius 3 is 2.48 bits per heavy atom. The number of para-hydroxylation sites is 2. The van der Waals surface area contributed by atoms with Crippen molar-refractivity contribution < 1.29 is 9.59 Å². The van der Waals surface area contributed by atoms with Crippen LogP contribution in [0.5, 0.6) is 0 Å². The number of carbonyl (C=O) groups excluding carboxylic acids is 2. The summed E-state index contributed by atoms with van der Waals surface area (Å²) < 4.78 is 1.96. The minimum Gasteiger partial charge on any atom is -0.325 e. The van der Waals surface area contributed by atoms with Crippen LogP contribution in [0.2, 0.25) is 5.02 Å². The predicted octanol–water partition coefficient (Wildman–Crippen LogP) is 4.12. The van der Waals surface area contributed by atoms with Crippen LogP contribution < -0.4 is 10.2 Å². The molecule has 0 radical (unpaired) electrons. The van der Waals surface area contributed by atoms with Gasteiger partial charge in [0.15, 0.2) is 0 Å². The molecule has 1 fully saturated rings. The van der Waals surface area contributed by atoms with E-state index < -0.39 is 5.92 Å². The van der Waals surface area contributed by atoms with E-state index >= 15 is 0 Å². The Morgan fingerprint density at radius 1 is 1.00 bits per heavy atom. The zero-order valence-electron chi connectivity index (χ0n) is 14.5. The predicted molar refractivity (Wildman–Crippen MR) is 106 cm³/mol. The van der Waals surface area contributed by atoms with Crippen LogP contribution >= 0.6 is 11.6 Å². The number of nitrogens with one attached hydrogen (secondary N) is 1. The molecule has 5 nitrogen and oxygen atoms in total. The number of carbonyl (C=O) groups is 2. The summed E-state index contributed by atoms with van der Waals surface area (Å²) in [4.78, 5) is 27.3. The molecule has 1 aliphatic rings. The highest BCUT2D eigenvalue weighted by Crippen LogP contribution is 2.31. The molecule has 2 heterocycles. The Hall–Kier alpha value is -3.05. The van der Waals surface area contributed by atoms with E-state index in [9.17, 15) is 9.59 Å². The summed E-state index contributed by atoms with van der Waals surface area (Å²) in [5, 5.41) is 3.33. The normalized spacial score (nSPS) is 16.6. The number of nitrogens with zero attached hydrogens (tertiary/aromatic N) is 2. The molecule has 2 aromatic carbocycles. The summed E-state index contributed by atoms with van der Waals surface area (Å²) in [7, 11) is 0. The van der Waals surface area contributed by atoms with E-state index in [1.54, 1.807) is 29.2 Å². The molecule has 6 heteroatoms. The van der Waals surface area contributed by atoms with Crippen molar-refractivity contribution in [2.24, 2.45) is 5.92 Å². The van der Waals surface area contributed by atoms with Crippen LogP contribution in [0.3, 0.4) is 0 Å². The molecule has 0 saturated carbocycles. The van der Waals surface area contributed by atoms with Crippen LogP contribution in [-0.2, 0) is 9.59 Å². The Kier molecular flexibility index (Phi) is 4.69. The Morgan fingerprint density at radius 2 is 1.74 bits per heavy atom. The first kappa shape index (κ1) is 17.4. The molecular formula is C21H18ClN3O2. The second-order valence-corrected chi connectivity index (χ2v) is 6.85. The molecule has 2 amide bonds. The highest BCUT2D eigenvalue weighted by molar-refractivity contribution is 6.31. The molecule has 136 valence electrons. The van der Waals surface area contributed by atoms with Gasteiger partial charge in [0.25, 0.3) is 0 Å². The fraction of sp³-hybridized carbons (Fsp3) is 0.143. The van der Waals surface area contributed by atoms with E-state index in [4.69, 9.17) is 11.6 Å². The minimum absolute atomic E-state index is 0.186. The number of aromatic nitrogens is 1. The Labute approximate surface area is 162 Å². The van der Waals surface area contributed by atoms with E-state index in [-0.39, 0.29) is 11.8 Å². The van der Waals surface area contributed by atoms with Gasteiger partial charge in [0.05, 0.1) is 11.4 Å². The molecule has 0 spiro atoms. The van der Waals surface area contributed by atoms with Gasteiger partial charge in [0.2, 0.25) is 11.8 Å². The van der Waals surface area contributed by atoms with Crippen molar-refractivity contribution in [2.45, 2.75) is 6.42 Å². The molecule has 0 aliphatic carbocycles. The standard InChI is InChI=1S/C21H18ClN3O2/c22-15-6-5-7-16(14-15)23-20(26)17-10-13-25(21(17)27)19-9-2-1-8-18(19)24-11-3-4-12-24/h1-9,11-12,14,17H,10,13H2,(H,23,26). The largest absolute Gasteiger partial charge is 0.325 e. The van der Waals surface area contributed by atoms with Gasteiger partial charge in [-0.3, -0.25) is 9.59 Å². The topological polar surface area (TPSA) is 54.3 Å². The van der Waals surface area contributed by atoms with Gasteiger partial charge in [-0.25, -0.2) is 0 Å². The number of benzene rings is 2. The first-order chi connectivity index (χ1) is 13.1. The van der Waals surface area contributed by atoms with Crippen molar-refractivity contribution in [3.8, 4) is 5.69 Å². The van der Waals surface area contributed by atoms with Crippen LogP contribution in [-0.4, -0.2) is 22.9 Å². The summed E-state index contributed by atoms with van der Waals surface area (Å²) in [6.45, 7) is 0.505. The SMILES string of the molecule is O=C(Nc1cccc(Cl)c1)C1CCN(c2ccccc2-n2cccc2)C1=O. The Balaban J connectivity index is 1.55. The van der Waals surface area contributed by atoms with Crippen molar-refractivity contribution in [1.82, 2.24) is 4.57 Å². The molecule has 0 bridgehead atoms. The van der Waals surface area contributed by atoms with Gasteiger partial charge in [0, 0.05) is 29.6 Å². The molecule has 4 rings (SSSR count). The monoisotopic (exact) mass is 379 g/mol. The van der Waals surface area contributed by atoms with Crippen LogP contribution in [0.25, 0.3) is 5.69 Å². The maximum Gasteiger partial charge on any atom is 0.239 e. The zero-order valence-corrected chi connectivity index (χ0v) is 15.3. The summed E-state index contributed by atoms with van der Waals surface area (Å²) >= 11 is 5.96. The fourth-order valence-electron chi connectivity index (χ4n) is 3.36. The third kappa shape index (κ3) is 3.46. The molecular weight excluding hydrogens is 362 g/mol. The first-order valence-corrected chi connectivity index (χ1v) is 9.11. The van der Waals surface area contributed by atoms with Gasteiger partial charge in [-0.2, -0.15) is 0 Å². The van der Waals surface area contributed by atoms with E-state index in [1.165, 1.54) is 0 Å². The van der Waals surface area contributed by atoms with E-state index in [2.05, 4.69) is 5.32 Å². The highest BCUT2D eigenvalue weighted by atomic mass is 35.5. The van der Waals surface area contributed by atoms with Crippen molar-refractivity contribution in [2.75, 3.05) is 16.8 Å². The molecule has 1 N–H and O–H groups in total. The quantitative estimate of drug-likeness (QED) is 0.693. The van der Waals surface area contributed by atoms with Crippen molar-refractivity contribution in [3.05, 3.63) is 78.1 Å². The lowest BCUT2D eigenvalue weighted by Gasteiger charge is -2.21. The maximum atomic E-state index is 13.0. The van der Waals surface area contributed by atoms with E-state index in [0.29, 0.717) is 23.7 Å². The number of amides is 2. The van der Waals surface area contributed by atoms with Crippen LogP contribution in [0.4, 0.5) is 11.4 Å². The average Bonchev–Trinajstić information content (AvgIpc) is 3.31. The van der Waals surface area contributed by atoms with Crippen LogP contribution in [0.1, 0.15) is 6.42 Å². The zero-order chi connectivity index (χ0) is 18.8. The fourth-order valence-corrected chi connectivity index (χ4v) is 3.55. The molecule has 1 saturated heterocycles. The second kappa shape index (κ2) is 7.29. The maximum absolute atomic E-state index is 13.0. The molecule has 1 atom stereocenters. The number of rotatable bonds is 4. The molecule has 27 heavy (non-hydrogen) atoms. The third-order valence-corrected chi connectivity index (χ3v) is 4.90. The lowest BCUT2D eigenvalue weighted by atomic mass is 10.1. The lowest BCUT2D eigenvalue weighted by molar-refractivity contribution is -0.129. The summed E-state index contributed by atoms with van der Waals surface area (Å²) in [5.41, 5.74) is 2.30. The molecule has 1 aliphatic heterocycles. The third-order valence-electron chi connectivity index (χ3n) is 4.67. The van der Waals surface area contributed by atoms with Crippen molar-refractivity contribution in [1.29, 1.82) is 0 Å².